The summed E-state index contributed by atoms with van der Waals surface area (Å²) >= 11 is 54.3. The third-order valence-corrected chi connectivity index (χ3v) is 12.9. The largest absolute Gasteiger partial charge is 0.344 e. The summed E-state index contributed by atoms with van der Waals surface area (Å²) in [5, 5.41) is -0.549. The van der Waals surface area contributed by atoms with Crippen LogP contribution in [0.15, 0.2) is 32.3 Å². The van der Waals surface area contributed by atoms with Crippen LogP contribution in [0, 0.1) is 23.7 Å². The van der Waals surface area contributed by atoms with Crippen LogP contribution in [-0.4, -0.2) is 50.1 Å². The number of hydrogen-bond donors (Lipinski definition) is 0. The third-order valence-electron chi connectivity index (χ3n) is 7.70. The lowest BCUT2D eigenvalue weighted by Gasteiger charge is -2.48. The molecule has 12 heteroatoms. The zero-order chi connectivity index (χ0) is 22.5. The first-order chi connectivity index (χ1) is 14.4. The number of hydrogen-bond acceptors (Lipinski definition) is 4. The third kappa shape index (κ3) is 1.84. The SMILES string of the molecule is O=C1C2C=CC(C3C1C1(Cl)C(Cl)=C(Cl)C3(Cl)C13OCCO3)C1(Cl)C(=O)C(Cl)=C(Cl)C21Cl. The van der Waals surface area contributed by atoms with Gasteiger partial charge in [0, 0.05) is 11.8 Å². The molecule has 4 nitrogen and oxygen atoms in total. The first kappa shape index (κ1) is 22.3. The summed E-state index contributed by atoms with van der Waals surface area (Å²) in [6.07, 6.45) is 3.22. The van der Waals surface area contributed by atoms with Crippen molar-refractivity contribution >= 4 is 104 Å². The fraction of sp³-hybridized carbons (Fsp3) is 0.579. The molecule has 1 saturated heterocycles. The second-order valence-electron chi connectivity index (χ2n) is 8.54. The van der Waals surface area contributed by atoms with E-state index in [4.69, 9.17) is 102 Å². The molecule has 6 aliphatic carbocycles. The number of Topliss-reactive ketones (excluding diaryl/α,β-unsaturated/α-hetero) is 2. The van der Waals surface area contributed by atoms with Gasteiger partial charge in [0.2, 0.25) is 5.79 Å². The van der Waals surface area contributed by atoms with Crippen molar-refractivity contribution in [1.82, 2.24) is 0 Å². The van der Waals surface area contributed by atoms with Gasteiger partial charge in [0.05, 0.1) is 40.1 Å². The second kappa shape index (κ2) is 6.13. The molecule has 8 unspecified atom stereocenters. The maximum absolute atomic E-state index is 14.1. The molecule has 8 atom stereocenters. The average molecular weight is 586 g/mol. The lowest BCUT2D eigenvalue weighted by molar-refractivity contribution is -0.175. The molecule has 31 heavy (non-hydrogen) atoms. The summed E-state index contributed by atoms with van der Waals surface area (Å²) in [7, 11) is 0. The normalized spacial score (nSPS) is 53.8. The Morgan fingerprint density at radius 3 is 1.97 bits per heavy atom. The van der Waals surface area contributed by atoms with E-state index < -0.39 is 60.5 Å². The van der Waals surface area contributed by atoms with Crippen molar-refractivity contribution < 1.29 is 19.1 Å². The minimum absolute atomic E-state index is 0.0171. The number of ketones is 2. The minimum Gasteiger partial charge on any atom is -0.344 e. The Morgan fingerprint density at radius 2 is 1.35 bits per heavy atom. The standard InChI is InChI=1S/C19H10Cl8O4/c20-9-11(21)15(24)6-2-1-5(16(15,25)14(9)29)7-8(10(6)28)18(27)13(23)12(22)17(7,26)19(18)30-3-4-31-19/h1-2,5-8H,3-4H2. The smallest absolute Gasteiger partial charge is 0.218 e. The fourth-order valence-electron chi connectivity index (χ4n) is 6.57. The average Bonchev–Trinajstić information content (AvgIpc) is 3.32. The monoisotopic (exact) mass is 582 g/mol. The van der Waals surface area contributed by atoms with Gasteiger partial charge in [-0.15, -0.1) is 46.4 Å². The van der Waals surface area contributed by atoms with Crippen LogP contribution in [0.25, 0.3) is 0 Å². The van der Waals surface area contributed by atoms with Gasteiger partial charge in [-0.3, -0.25) is 9.59 Å². The summed E-state index contributed by atoms with van der Waals surface area (Å²) in [4.78, 5) is 20.2. The van der Waals surface area contributed by atoms with E-state index >= 15 is 0 Å². The number of allylic oxidation sites excluding steroid dienone is 4. The molecule has 0 aromatic heterocycles. The van der Waals surface area contributed by atoms with Gasteiger partial charge in [-0.05, 0) is 0 Å². The Balaban J connectivity index is 1.69. The lowest BCUT2D eigenvalue weighted by Crippen LogP contribution is -2.62. The van der Waals surface area contributed by atoms with E-state index in [-0.39, 0.29) is 33.3 Å². The highest BCUT2D eigenvalue weighted by Crippen LogP contribution is 2.80. The van der Waals surface area contributed by atoms with Crippen LogP contribution in [0.2, 0.25) is 0 Å². The van der Waals surface area contributed by atoms with Crippen molar-refractivity contribution in [1.29, 1.82) is 0 Å². The molecule has 3 fully saturated rings. The minimum atomic E-state index is -1.90. The molecule has 7 rings (SSSR count). The molecule has 2 saturated carbocycles. The van der Waals surface area contributed by atoms with Gasteiger partial charge >= 0.3 is 0 Å². The van der Waals surface area contributed by atoms with Crippen molar-refractivity contribution in [3.63, 3.8) is 0 Å². The Kier molecular flexibility index (Phi) is 4.40. The molecule has 7 aliphatic rings. The molecule has 0 radical (unpaired) electrons. The predicted octanol–water partition coefficient (Wildman–Crippen LogP) is 5.25. The van der Waals surface area contributed by atoms with Gasteiger partial charge in [0.25, 0.3) is 0 Å². The van der Waals surface area contributed by atoms with E-state index in [0.29, 0.717) is 0 Å². The van der Waals surface area contributed by atoms with Crippen molar-refractivity contribution in [2.24, 2.45) is 23.7 Å². The van der Waals surface area contributed by atoms with Crippen molar-refractivity contribution in [3.05, 3.63) is 32.3 Å². The molecular weight excluding hydrogens is 576 g/mol. The highest BCUT2D eigenvalue weighted by atomic mass is 35.5. The molecule has 0 amide bonds. The fourth-order valence-corrected chi connectivity index (χ4v) is 10.5. The first-order valence-electron chi connectivity index (χ1n) is 9.30. The van der Waals surface area contributed by atoms with Crippen molar-refractivity contribution in [3.8, 4) is 0 Å². The van der Waals surface area contributed by atoms with Gasteiger partial charge in [-0.25, -0.2) is 0 Å². The zero-order valence-electron chi connectivity index (χ0n) is 15.0. The highest BCUT2D eigenvalue weighted by Gasteiger charge is 2.91. The van der Waals surface area contributed by atoms with Crippen molar-refractivity contribution in [2.45, 2.75) is 25.3 Å². The number of carbonyl (C=O) groups excluding carboxylic acids is 2. The Morgan fingerprint density at radius 1 is 0.774 bits per heavy atom. The molecule has 1 heterocycles. The van der Waals surface area contributed by atoms with Crippen molar-refractivity contribution in [2.75, 3.05) is 13.2 Å². The number of rotatable bonds is 0. The molecule has 0 N–H and O–H groups in total. The lowest BCUT2D eigenvalue weighted by atomic mass is 9.66. The van der Waals surface area contributed by atoms with Gasteiger partial charge in [0.15, 0.2) is 5.78 Å². The summed E-state index contributed by atoms with van der Waals surface area (Å²) < 4.78 is 11.9. The molecule has 1 aliphatic heterocycles. The first-order valence-corrected chi connectivity index (χ1v) is 12.3. The van der Waals surface area contributed by atoms with Gasteiger partial charge in [-0.2, -0.15) is 0 Å². The van der Waals surface area contributed by atoms with Crippen LogP contribution in [0.5, 0.6) is 0 Å². The van der Waals surface area contributed by atoms with Gasteiger partial charge in [0.1, 0.15) is 30.3 Å². The Hall–Kier alpha value is 0.800. The predicted molar refractivity (Wildman–Crippen MR) is 120 cm³/mol. The highest BCUT2D eigenvalue weighted by molar-refractivity contribution is 6.63. The number of ether oxygens (including phenoxy) is 2. The Bertz CT molecular complexity index is 1090. The second-order valence-corrected chi connectivity index (χ2v) is 12.4. The van der Waals surface area contributed by atoms with Gasteiger partial charge in [-0.1, -0.05) is 58.6 Å². The molecule has 1 spiro atoms. The summed E-state index contributed by atoms with van der Waals surface area (Å²) in [5.41, 5.74) is 0. The van der Waals surface area contributed by atoms with E-state index in [1.807, 2.05) is 0 Å². The Labute approximate surface area is 216 Å². The van der Waals surface area contributed by atoms with Crippen LogP contribution < -0.4 is 0 Å². The summed E-state index contributed by atoms with van der Waals surface area (Å²) in [6, 6.07) is 0. The van der Waals surface area contributed by atoms with Crippen LogP contribution in [0.4, 0.5) is 0 Å². The number of alkyl halides is 4. The quantitative estimate of drug-likeness (QED) is 0.288. The molecule has 166 valence electrons. The van der Waals surface area contributed by atoms with E-state index in [2.05, 4.69) is 0 Å². The zero-order valence-corrected chi connectivity index (χ0v) is 21.1. The van der Waals surface area contributed by atoms with Gasteiger partial charge < -0.3 is 9.47 Å². The maximum atomic E-state index is 14.1. The molecule has 0 aromatic rings. The molecule has 4 bridgehead atoms. The maximum Gasteiger partial charge on any atom is 0.218 e. The molecular formula is C19H10Cl8O4. The summed E-state index contributed by atoms with van der Waals surface area (Å²) in [5.74, 6) is -6.93. The molecule has 0 aromatic carbocycles. The number of halogens is 8. The van der Waals surface area contributed by atoms with Crippen LogP contribution in [0.3, 0.4) is 0 Å². The van der Waals surface area contributed by atoms with E-state index in [1.54, 1.807) is 12.2 Å². The van der Waals surface area contributed by atoms with E-state index in [9.17, 15) is 9.59 Å². The van der Waals surface area contributed by atoms with Crippen LogP contribution in [0.1, 0.15) is 0 Å². The summed E-state index contributed by atoms with van der Waals surface area (Å²) in [6.45, 7) is 0.330. The van der Waals surface area contributed by atoms with Crippen LogP contribution in [-0.2, 0) is 19.1 Å². The number of carbonyl (C=O) groups is 2. The topological polar surface area (TPSA) is 52.6 Å². The van der Waals surface area contributed by atoms with Crippen LogP contribution >= 0.6 is 92.8 Å². The van der Waals surface area contributed by atoms with E-state index in [0.717, 1.165) is 0 Å². The van der Waals surface area contributed by atoms with E-state index in [1.165, 1.54) is 0 Å².